The Morgan fingerprint density at radius 3 is 2.66 bits per heavy atom. The third-order valence-electron chi connectivity index (χ3n) is 7.78. The van der Waals surface area contributed by atoms with E-state index in [1.165, 1.54) is 0 Å². The van der Waals surface area contributed by atoms with Crippen LogP contribution in [0.4, 0.5) is 0 Å². The van der Waals surface area contributed by atoms with Crippen LogP contribution in [0.1, 0.15) is 52.7 Å². The van der Waals surface area contributed by atoms with Gasteiger partial charge in [0.1, 0.15) is 12.4 Å². The van der Waals surface area contributed by atoms with Crippen LogP contribution in [0.15, 0.2) is 42.5 Å². The van der Waals surface area contributed by atoms with Gasteiger partial charge in [-0.25, -0.2) is 4.79 Å². The van der Waals surface area contributed by atoms with Crippen LogP contribution in [0.25, 0.3) is 0 Å². The standard InChI is InChI=1S/C30H38N2O6/c1-35-13-5-6-21-16-22(18-24(17-21)37-15-14-36-2)20-32(23-9-10-23)28(33)27-19-31-12-11-30(27)26-8-4-3-7-25(26)29(34)38-30/h3-4,7-8,16-18,23,27,31H,5-6,9-15,19-20H2,1-2H3/t27?,30-/m0/s1. The average molecular weight is 523 g/mol. The Hall–Kier alpha value is -2.94. The van der Waals surface area contributed by atoms with Gasteiger partial charge >= 0.3 is 5.97 Å². The lowest BCUT2D eigenvalue weighted by atomic mass is 9.75. The average Bonchev–Trinajstić information content (AvgIpc) is 3.73. The minimum absolute atomic E-state index is 0.0378. The lowest BCUT2D eigenvalue weighted by Crippen LogP contribution is -2.55. The summed E-state index contributed by atoms with van der Waals surface area (Å²) >= 11 is 0. The van der Waals surface area contributed by atoms with Crippen LogP contribution in [0.5, 0.6) is 5.75 Å². The maximum atomic E-state index is 14.3. The molecule has 1 spiro atoms. The quantitative estimate of drug-likeness (QED) is 0.338. The summed E-state index contributed by atoms with van der Waals surface area (Å²) in [7, 11) is 3.36. The summed E-state index contributed by atoms with van der Waals surface area (Å²) in [6.45, 7) is 3.32. The Bertz CT molecular complexity index is 1120. The zero-order valence-electron chi connectivity index (χ0n) is 22.4. The molecule has 1 amide bonds. The maximum absolute atomic E-state index is 14.3. The van der Waals surface area contributed by atoms with Crippen LogP contribution in [0.3, 0.4) is 0 Å². The van der Waals surface area contributed by atoms with Crippen molar-refractivity contribution in [2.45, 2.75) is 50.3 Å². The van der Waals surface area contributed by atoms with E-state index in [-0.39, 0.29) is 17.9 Å². The Kier molecular flexibility index (Phi) is 8.31. The van der Waals surface area contributed by atoms with Crippen LogP contribution < -0.4 is 10.1 Å². The molecule has 204 valence electrons. The van der Waals surface area contributed by atoms with E-state index in [9.17, 15) is 9.59 Å². The molecule has 2 heterocycles. The van der Waals surface area contributed by atoms with Gasteiger partial charge in [0.05, 0.1) is 18.1 Å². The number of hydrogen-bond acceptors (Lipinski definition) is 7. The van der Waals surface area contributed by atoms with Gasteiger partial charge in [-0.15, -0.1) is 0 Å². The molecule has 0 aromatic heterocycles. The van der Waals surface area contributed by atoms with Crippen molar-refractivity contribution in [3.05, 3.63) is 64.7 Å². The maximum Gasteiger partial charge on any atom is 0.339 e. The fraction of sp³-hybridized carbons (Fsp3) is 0.533. The number of methoxy groups -OCH3 is 2. The van der Waals surface area contributed by atoms with Crippen LogP contribution in [0.2, 0.25) is 0 Å². The van der Waals surface area contributed by atoms with Crippen molar-refractivity contribution in [1.29, 1.82) is 0 Å². The number of fused-ring (bicyclic) bond motifs is 2. The van der Waals surface area contributed by atoms with Gasteiger partial charge in [0.25, 0.3) is 0 Å². The van der Waals surface area contributed by atoms with Gasteiger partial charge < -0.3 is 29.2 Å². The number of piperidine rings is 1. The van der Waals surface area contributed by atoms with E-state index in [0.29, 0.717) is 51.4 Å². The molecule has 2 aliphatic heterocycles. The smallest absolute Gasteiger partial charge is 0.339 e. The Labute approximate surface area is 224 Å². The van der Waals surface area contributed by atoms with E-state index in [2.05, 4.69) is 17.4 Å². The minimum Gasteiger partial charge on any atom is -0.491 e. The molecule has 8 nitrogen and oxygen atoms in total. The zero-order valence-corrected chi connectivity index (χ0v) is 22.4. The summed E-state index contributed by atoms with van der Waals surface area (Å²) in [6, 6.07) is 14.0. The molecule has 1 aliphatic carbocycles. The molecule has 38 heavy (non-hydrogen) atoms. The van der Waals surface area contributed by atoms with Crippen LogP contribution in [-0.2, 0) is 37.6 Å². The normalized spacial score (nSPS) is 22.3. The predicted octanol–water partition coefficient (Wildman–Crippen LogP) is 3.46. The largest absolute Gasteiger partial charge is 0.491 e. The first-order chi connectivity index (χ1) is 18.6. The summed E-state index contributed by atoms with van der Waals surface area (Å²) in [5.74, 6) is 0.00657. The van der Waals surface area contributed by atoms with E-state index in [0.717, 1.165) is 48.1 Å². The van der Waals surface area contributed by atoms with Crippen molar-refractivity contribution in [3.63, 3.8) is 0 Å². The molecule has 0 bridgehead atoms. The van der Waals surface area contributed by atoms with Crippen LogP contribution in [0, 0.1) is 5.92 Å². The summed E-state index contributed by atoms with van der Waals surface area (Å²) in [4.78, 5) is 29.1. The van der Waals surface area contributed by atoms with Crippen molar-refractivity contribution in [2.24, 2.45) is 5.92 Å². The van der Waals surface area contributed by atoms with Gasteiger partial charge in [-0.1, -0.05) is 24.3 Å². The number of carbonyl (C=O) groups excluding carboxylic acids is 2. The zero-order chi connectivity index (χ0) is 26.5. The highest BCUT2D eigenvalue weighted by molar-refractivity contribution is 5.96. The highest BCUT2D eigenvalue weighted by Gasteiger charge is 2.56. The highest BCUT2D eigenvalue weighted by atomic mass is 16.6. The number of ether oxygens (including phenoxy) is 4. The molecule has 1 unspecified atom stereocenters. The van der Waals surface area contributed by atoms with Crippen molar-refractivity contribution in [2.75, 3.05) is 47.1 Å². The molecule has 1 N–H and O–H groups in total. The summed E-state index contributed by atoms with van der Waals surface area (Å²) in [5.41, 5.74) is 2.69. The monoisotopic (exact) mass is 522 g/mol. The summed E-state index contributed by atoms with van der Waals surface area (Å²) in [5, 5.41) is 3.38. The second-order valence-corrected chi connectivity index (χ2v) is 10.5. The Balaban J connectivity index is 1.41. The topological polar surface area (TPSA) is 86.3 Å². The number of nitrogens with one attached hydrogen (secondary N) is 1. The molecular weight excluding hydrogens is 484 g/mol. The number of carbonyl (C=O) groups is 2. The number of rotatable bonds is 12. The SMILES string of the molecule is COCCCc1cc(CN(C(=O)C2CNCC[C@@]23OC(=O)c2ccccc23)C2CC2)cc(OCCOC)c1. The van der Waals surface area contributed by atoms with E-state index in [1.54, 1.807) is 20.3 Å². The first-order valence-electron chi connectivity index (χ1n) is 13.6. The Morgan fingerprint density at radius 1 is 1.08 bits per heavy atom. The van der Waals surface area contributed by atoms with E-state index in [4.69, 9.17) is 18.9 Å². The number of amides is 1. The van der Waals surface area contributed by atoms with Gasteiger partial charge in [-0.05, 0) is 61.6 Å². The Morgan fingerprint density at radius 2 is 1.87 bits per heavy atom. The van der Waals surface area contributed by atoms with Crippen LogP contribution >= 0.6 is 0 Å². The van der Waals surface area contributed by atoms with Crippen molar-refractivity contribution >= 4 is 11.9 Å². The number of esters is 1. The van der Waals surface area contributed by atoms with Crippen molar-refractivity contribution in [1.82, 2.24) is 10.2 Å². The van der Waals surface area contributed by atoms with Gasteiger partial charge in [0, 0.05) is 51.9 Å². The number of hydrogen-bond donors (Lipinski definition) is 1. The molecule has 3 aliphatic rings. The minimum atomic E-state index is -0.917. The first-order valence-corrected chi connectivity index (χ1v) is 13.6. The molecule has 2 aromatic rings. The van der Waals surface area contributed by atoms with Gasteiger partial charge in [-0.2, -0.15) is 0 Å². The molecular formula is C30H38N2O6. The third kappa shape index (κ3) is 5.58. The number of nitrogens with zero attached hydrogens (tertiary/aromatic N) is 1. The van der Waals surface area contributed by atoms with E-state index < -0.39 is 11.5 Å². The summed E-state index contributed by atoms with van der Waals surface area (Å²) in [6.07, 6.45) is 4.32. The van der Waals surface area contributed by atoms with Crippen molar-refractivity contribution in [3.8, 4) is 5.75 Å². The van der Waals surface area contributed by atoms with E-state index in [1.807, 2.05) is 29.2 Å². The predicted molar refractivity (Wildman–Crippen MR) is 142 cm³/mol. The summed E-state index contributed by atoms with van der Waals surface area (Å²) < 4.78 is 22.4. The molecule has 1 saturated carbocycles. The fourth-order valence-electron chi connectivity index (χ4n) is 5.78. The highest BCUT2D eigenvalue weighted by Crippen LogP contribution is 2.47. The number of benzene rings is 2. The fourth-order valence-corrected chi connectivity index (χ4v) is 5.78. The third-order valence-corrected chi connectivity index (χ3v) is 7.78. The second kappa shape index (κ2) is 11.8. The van der Waals surface area contributed by atoms with E-state index >= 15 is 0 Å². The van der Waals surface area contributed by atoms with Crippen molar-refractivity contribution < 1.29 is 28.5 Å². The number of aryl methyl sites for hydroxylation is 1. The molecule has 0 radical (unpaired) electrons. The van der Waals surface area contributed by atoms with Gasteiger partial charge in [-0.3, -0.25) is 4.79 Å². The van der Waals surface area contributed by atoms with Gasteiger partial charge in [0.15, 0.2) is 5.60 Å². The lowest BCUT2D eigenvalue weighted by molar-refractivity contribution is -0.149. The van der Waals surface area contributed by atoms with Gasteiger partial charge in [0.2, 0.25) is 5.91 Å². The molecule has 5 rings (SSSR count). The molecule has 1 saturated heterocycles. The lowest BCUT2D eigenvalue weighted by Gasteiger charge is -2.42. The molecule has 8 heteroatoms. The first kappa shape index (κ1) is 26.7. The molecule has 2 aromatic carbocycles. The molecule has 2 atom stereocenters. The second-order valence-electron chi connectivity index (χ2n) is 10.5. The molecule has 2 fully saturated rings. The van der Waals surface area contributed by atoms with Crippen LogP contribution in [-0.4, -0.2) is 69.9 Å².